The monoisotopic (exact) mass is 265 g/mol. The van der Waals surface area contributed by atoms with Crippen LogP contribution in [-0.4, -0.2) is 42.1 Å². The Morgan fingerprint density at radius 1 is 1.46 bits per heavy atom. The van der Waals surface area contributed by atoms with E-state index in [-0.39, 0.29) is 32.7 Å². The Hall–Kier alpha value is 0.673. The predicted molar refractivity (Wildman–Crippen MR) is 51.4 cm³/mol. The van der Waals surface area contributed by atoms with Crippen molar-refractivity contribution in [2.45, 2.75) is 51.2 Å². The minimum absolute atomic E-state index is 0. The quantitative estimate of drug-likeness (QED) is 0.707. The molecule has 2 unspecified atom stereocenters. The van der Waals surface area contributed by atoms with Gasteiger partial charge in [-0.1, -0.05) is 6.32 Å². The second kappa shape index (κ2) is 4.95. The van der Waals surface area contributed by atoms with Gasteiger partial charge in [0.25, 0.3) is 0 Å². The fraction of sp³-hybridized carbons (Fsp3) is 1.00. The second-order valence-electron chi connectivity index (χ2n) is 4.60. The first-order valence-electron chi connectivity index (χ1n) is 4.60. The van der Waals surface area contributed by atoms with E-state index < -0.39 is 0 Å². The van der Waals surface area contributed by atoms with Crippen molar-refractivity contribution in [1.82, 2.24) is 4.90 Å². The van der Waals surface area contributed by atoms with Gasteiger partial charge in [0.15, 0.2) is 0 Å². The van der Waals surface area contributed by atoms with Crippen molar-refractivity contribution in [2.24, 2.45) is 0 Å². The molecule has 13 heavy (non-hydrogen) atoms. The normalized spacial score (nSPS) is 30.2. The molecule has 0 aromatic heterocycles. The molecular formula is C9H18BMoNO. The van der Waals surface area contributed by atoms with Crippen LogP contribution in [0.3, 0.4) is 0 Å². The number of aliphatic hydroxyl groups excluding tert-OH is 1. The molecule has 1 aliphatic rings. The zero-order chi connectivity index (χ0) is 9.35. The van der Waals surface area contributed by atoms with Crippen LogP contribution in [0.4, 0.5) is 0 Å². The predicted octanol–water partition coefficient (Wildman–Crippen LogP) is 0.804. The van der Waals surface area contributed by atoms with Crippen molar-refractivity contribution in [2.75, 3.05) is 6.54 Å². The van der Waals surface area contributed by atoms with Crippen molar-refractivity contribution in [3.05, 3.63) is 0 Å². The summed E-state index contributed by atoms with van der Waals surface area (Å²) in [6.45, 7) is 7.25. The summed E-state index contributed by atoms with van der Waals surface area (Å²) in [5.74, 6) is 0. The maximum absolute atomic E-state index is 9.47. The number of nitrogens with zero attached hydrogens (tertiary/aromatic N) is 1. The van der Waals surface area contributed by atoms with E-state index in [4.69, 9.17) is 7.85 Å². The van der Waals surface area contributed by atoms with Crippen molar-refractivity contribution in [3.8, 4) is 0 Å². The Bertz CT molecular complexity index is 160. The third-order valence-electron chi connectivity index (χ3n) is 2.53. The van der Waals surface area contributed by atoms with E-state index in [1.807, 2.05) is 0 Å². The van der Waals surface area contributed by atoms with Crippen LogP contribution in [0.5, 0.6) is 0 Å². The number of likely N-dealkylation sites (tertiary alicyclic amines) is 1. The van der Waals surface area contributed by atoms with Gasteiger partial charge in [0.2, 0.25) is 0 Å². The smallest absolute Gasteiger partial charge is 0.0682 e. The van der Waals surface area contributed by atoms with Crippen LogP contribution in [0.1, 0.15) is 27.2 Å². The molecule has 0 aromatic rings. The number of hydrogen-bond acceptors (Lipinski definition) is 2. The number of β-amino-alcohol motifs (C(OH)–C–C–N with tert-alkyl or cyclic N) is 1. The summed E-state index contributed by atoms with van der Waals surface area (Å²) in [7, 11) is 5.63. The van der Waals surface area contributed by atoms with Crippen molar-refractivity contribution < 1.29 is 26.2 Å². The van der Waals surface area contributed by atoms with E-state index in [0.29, 0.717) is 12.4 Å². The Balaban J connectivity index is 0.00000144. The van der Waals surface area contributed by atoms with Crippen LogP contribution in [-0.2, 0) is 21.1 Å². The molecule has 4 heteroatoms. The van der Waals surface area contributed by atoms with Crippen LogP contribution in [0.15, 0.2) is 0 Å². The van der Waals surface area contributed by atoms with Crippen molar-refractivity contribution in [3.63, 3.8) is 0 Å². The van der Waals surface area contributed by atoms with Gasteiger partial charge in [-0.25, -0.2) is 0 Å². The average Bonchev–Trinajstić information content (AvgIpc) is 2.29. The summed E-state index contributed by atoms with van der Waals surface area (Å²) in [6, 6.07) is 0.361. The summed E-state index contributed by atoms with van der Waals surface area (Å²) in [5, 5.41) is 9.47. The molecule has 1 rings (SSSR count). The molecule has 1 fully saturated rings. The van der Waals surface area contributed by atoms with Crippen molar-refractivity contribution >= 4 is 7.85 Å². The molecule has 1 heterocycles. The third-order valence-corrected chi connectivity index (χ3v) is 2.53. The van der Waals surface area contributed by atoms with Gasteiger partial charge in [0.1, 0.15) is 0 Å². The van der Waals surface area contributed by atoms with Crippen LogP contribution in [0.2, 0.25) is 6.32 Å². The molecule has 1 N–H and O–H groups in total. The summed E-state index contributed by atoms with van der Waals surface area (Å²) < 4.78 is 0. The third kappa shape index (κ3) is 3.38. The fourth-order valence-electron chi connectivity index (χ4n) is 1.94. The SMILES string of the molecule is [B]CC1CC(O)CN1C(C)(C)C.[Mo]. The first-order chi connectivity index (χ1) is 5.45. The van der Waals surface area contributed by atoms with E-state index in [9.17, 15) is 5.11 Å². The summed E-state index contributed by atoms with van der Waals surface area (Å²) in [5.41, 5.74) is 0.127. The number of rotatable bonds is 1. The average molecular weight is 263 g/mol. The molecule has 0 aliphatic carbocycles. The molecule has 2 atom stereocenters. The van der Waals surface area contributed by atoms with E-state index in [0.717, 1.165) is 13.0 Å². The minimum Gasteiger partial charge on any atom is -0.392 e. The van der Waals surface area contributed by atoms with Gasteiger partial charge in [-0.2, -0.15) is 0 Å². The molecule has 0 saturated carbocycles. The Labute approximate surface area is 96.7 Å². The largest absolute Gasteiger partial charge is 0.392 e. The van der Waals surface area contributed by atoms with Gasteiger partial charge in [-0.15, -0.1) is 0 Å². The van der Waals surface area contributed by atoms with E-state index in [1.54, 1.807) is 0 Å². The molecule has 74 valence electrons. The Morgan fingerprint density at radius 3 is 2.31 bits per heavy atom. The van der Waals surface area contributed by atoms with Gasteiger partial charge in [0, 0.05) is 39.2 Å². The maximum atomic E-state index is 9.47. The first-order valence-corrected chi connectivity index (χ1v) is 4.60. The van der Waals surface area contributed by atoms with Gasteiger partial charge in [0.05, 0.1) is 14.0 Å². The van der Waals surface area contributed by atoms with Crippen LogP contribution < -0.4 is 0 Å². The Kier molecular flexibility index (Phi) is 5.21. The van der Waals surface area contributed by atoms with Gasteiger partial charge in [-0.3, -0.25) is 4.90 Å². The molecule has 0 aromatic carbocycles. The molecular weight excluding hydrogens is 245 g/mol. The summed E-state index contributed by atoms with van der Waals surface area (Å²) in [6.07, 6.45) is 1.29. The van der Waals surface area contributed by atoms with Crippen LogP contribution in [0, 0.1) is 0 Å². The minimum atomic E-state index is -0.183. The first kappa shape index (κ1) is 13.7. The van der Waals surface area contributed by atoms with Gasteiger partial charge in [-0.05, 0) is 27.2 Å². The Morgan fingerprint density at radius 2 is 2.00 bits per heavy atom. The summed E-state index contributed by atoms with van der Waals surface area (Å²) in [4.78, 5) is 2.29. The van der Waals surface area contributed by atoms with Gasteiger partial charge >= 0.3 is 0 Å². The second-order valence-corrected chi connectivity index (χ2v) is 4.60. The molecule has 2 radical (unpaired) electrons. The van der Waals surface area contributed by atoms with E-state index in [2.05, 4.69) is 25.7 Å². The molecule has 2 nitrogen and oxygen atoms in total. The summed E-state index contributed by atoms with van der Waals surface area (Å²) >= 11 is 0. The molecule has 0 amide bonds. The van der Waals surface area contributed by atoms with E-state index >= 15 is 0 Å². The zero-order valence-electron chi connectivity index (χ0n) is 8.66. The molecule has 0 bridgehead atoms. The zero-order valence-corrected chi connectivity index (χ0v) is 10.7. The van der Waals surface area contributed by atoms with E-state index in [1.165, 1.54) is 0 Å². The van der Waals surface area contributed by atoms with Gasteiger partial charge < -0.3 is 5.11 Å². The standard InChI is InChI=1S/C9H18BNO.Mo/c1-9(2,3)11-6-8(12)4-7(11)5-10;/h7-8,12H,4-6H2,1-3H3;. The van der Waals surface area contributed by atoms with Crippen LogP contribution in [0.25, 0.3) is 0 Å². The molecule has 1 aliphatic heterocycles. The van der Waals surface area contributed by atoms with Crippen LogP contribution >= 0.6 is 0 Å². The topological polar surface area (TPSA) is 23.5 Å². The molecule has 1 saturated heterocycles. The fourth-order valence-corrected chi connectivity index (χ4v) is 1.94. The number of hydrogen-bond donors (Lipinski definition) is 1. The number of aliphatic hydroxyl groups is 1. The van der Waals surface area contributed by atoms with Crippen molar-refractivity contribution in [1.29, 1.82) is 0 Å². The molecule has 0 spiro atoms. The maximum Gasteiger partial charge on any atom is 0.0682 e.